The number of carbonyl (C=O) groups is 5. The first kappa shape index (κ1) is 32.5. The van der Waals surface area contributed by atoms with Gasteiger partial charge in [0.2, 0.25) is 23.6 Å². The van der Waals surface area contributed by atoms with Crippen LogP contribution in [0.4, 0.5) is 0 Å². The van der Waals surface area contributed by atoms with Crippen LogP contribution in [0.5, 0.6) is 5.75 Å². The van der Waals surface area contributed by atoms with Gasteiger partial charge in [0, 0.05) is 38.6 Å². The summed E-state index contributed by atoms with van der Waals surface area (Å²) in [5, 5.41) is 8.66. The number of nitrogens with zero attached hydrogens (tertiary/aromatic N) is 2. The lowest BCUT2D eigenvalue weighted by Crippen LogP contribution is -2.50. The number of amides is 5. The zero-order valence-corrected chi connectivity index (χ0v) is 24.9. The Hall–Kier alpha value is -4.45. The Kier molecular flexibility index (Phi) is 12.5. The average molecular weight is 608 g/mol. The Labute approximate surface area is 257 Å². The van der Waals surface area contributed by atoms with Gasteiger partial charge < -0.3 is 35.2 Å². The molecule has 12 heteroatoms. The third-order valence-corrected chi connectivity index (χ3v) is 7.52. The molecule has 2 aromatic carbocycles. The summed E-state index contributed by atoms with van der Waals surface area (Å²) < 4.78 is 10.8. The van der Waals surface area contributed by atoms with E-state index >= 15 is 0 Å². The molecular weight excluding hydrogens is 566 g/mol. The fourth-order valence-corrected chi connectivity index (χ4v) is 5.11. The minimum atomic E-state index is -0.510. The number of carbonyl (C=O) groups excluding carboxylic acids is 5. The molecule has 0 aliphatic carbocycles. The third kappa shape index (κ3) is 10.7. The van der Waals surface area contributed by atoms with Crippen molar-refractivity contribution in [2.24, 2.45) is 0 Å². The maximum absolute atomic E-state index is 13.5. The number of nitrogens with one attached hydrogen (secondary N) is 3. The molecule has 0 saturated carbocycles. The first-order valence-electron chi connectivity index (χ1n) is 15.1. The standard InChI is InChI=1S/C32H41N5O7/c38-28-18-24-8-4-5-9-25(24)20-34-29(39)21-37(22-32(42)36-14-16-43-17-15-36)31(41)19-26(35-28)10-6-7-13-33-30(40)23-44-27-11-2-1-3-12-27/h1-5,8-9,11-12,26H,6-7,10,13-23H2,(H,33,40)(H,34,39)(H,35,38)/t26-/m0/s1. The highest BCUT2D eigenvalue weighted by Crippen LogP contribution is 2.14. The number of rotatable bonds is 10. The maximum Gasteiger partial charge on any atom is 0.257 e. The Morgan fingerprint density at radius 2 is 1.66 bits per heavy atom. The van der Waals surface area contributed by atoms with Gasteiger partial charge in [-0.1, -0.05) is 42.5 Å². The highest BCUT2D eigenvalue weighted by Gasteiger charge is 2.27. The third-order valence-electron chi connectivity index (χ3n) is 7.52. The summed E-state index contributed by atoms with van der Waals surface area (Å²) >= 11 is 0. The molecule has 2 heterocycles. The van der Waals surface area contributed by atoms with Crippen LogP contribution in [0.1, 0.15) is 36.8 Å². The monoisotopic (exact) mass is 607 g/mol. The number of para-hydroxylation sites is 1. The molecular formula is C32H41N5O7. The summed E-state index contributed by atoms with van der Waals surface area (Å²) in [6.07, 6.45) is 1.78. The molecule has 0 spiro atoms. The minimum absolute atomic E-state index is 0.0612. The van der Waals surface area contributed by atoms with Crippen molar-refractivity contribution in [1.82, 2.24) is 25.8 Å². The minimum Gasteiger partial charge on any atom is -0.484 e. The van der Waals surface area contributed by atoms with E-state index in [2.05, 4.69) is 16.0 Å². The molecule has 236 valence electrons. The number of hydrogen-bond acceptors (Lipinski definition) is 7. The van der Waals surface area contributed by atoms with E-state index < -0.39 is 11.9 Å². The van der Waals surface area contributed by atoms with Crippen LogP contribution in [-0.4, -0.2) is 97.9 Å². The van der Waals surface area contributed by atoms with Crippen LogP contribution < -0.4 is 20.7 Å². The molecule has 2 aliphatic heterocycles. The van der Waals surface area contributed by atoms with Crippen LogP contribution in [0.25, 0.3) is 0 Å². The summed E-state index contributed by atoms with van der Waals surface area (Å²) in [4.78, 5) is 67.6. The van der Waals surface area contributed by atoms with Crippen LogP contribution in [0, 0.1) is 0 Å². The van der Waals surface area contributed by atoms with Crippen molar-refractivity contribution in [2.45, 2.75) is 44.7 Å². The molecule has 4 rings (SSSR count). The van der Waals surface area contributed by atoms with Crippen LogP contribution in [0.15, 0.2) is 54.6 Å². The lowest BCUT2D eigenvalue weighted by Gasteiger charge is -2.30. The molecule has 2 aromatic rings. The molecule has 0 aromatic heterocycles. The largest absolute Gasteiger partial charge is 0.484 e. The average Bonchev–Trinajstić information content (AvgIpc) is 3.03. The highest BCUT2D eigenvalue weighted by molar-refractivity contribution is 5.90. The molecule has 2 aliphatic rings. The van der Waals surface area contributed by atoms with E-state index in [4.69, 9.17) is 9.47 Å². The smallest absolute Gasteiger partial charge is 0.257 e. The van der Waals surface area contributed by atoms with Gasteiger partial charge in [0.15, 0.2) is 6.61 Å². The second kappa shape index (κ2) is 17.0. The SMILES string of the molecule is O=C(COc1ccccc1)NCCCC[C@H]1CC(=O)N(CC(=O)N2CCOCC2)CC(=O)NCc2ccccc2CC(=O)N1. The first-order chi connectivity index (χ1) is 21.4. The van der Waals surface area contributed by atoms with E-state index in [-0.39, 0.29) is 62.7 Å². The normalized spacial score (nSPS) is 18.1. The van der Waals surface area contributed by atoms with E-state index in [9.17, 15) is 24.0 Å². The predicted molar refractivity (Wildman–Crippen MR) is 161 cm³/mol. The van der Waals surface area contributed by atoms with Gasteiger partial charge in [0.05, 0.1) is 19.6 Å². The molecule has 0 bridgehead atoms. The molecule has 44 heavy (non-hydrogen) atoms. The van der Waals surface area contributed by atoms with Gasteiger partial charge >= 0.3 is 0 Å². The first-order valence-corrected chi connectivity index (χ1v) is 15.1. The number of morpholine rings is 1. The van der Waals surface area contributed by atoms with E-state index in [1.165, 1.54) is 4.90 Å². The van der Waals surface area contributed by atoms with Gasteiger partial charge in [0.25, 0.3) is 5.91 Å². The van der Waals surface area contributed by atoms with Crippen molar-refractivity contribution in [3.05, 3.63) is 65.7 Å². The molecule has 1 atom stereocenters. The fraction of sp³-hybridized carbons (Fsp3) is 0.469. The lowest BCUT2D eigenvalue weighted by atomic mass is 10.0. The van der Waals surface area contributed by atoms with Gasteiger partial charge in [-0.2, -0.15) is 0 Å². The molecule has 0 radical (unpaired) electrons. The van der Waals surface area contributed by atoms with Gasteiger partial charge in [-0.3, -0.25) is 24.0 Å². The summed E-state index contributed by atoms with van der Waals surface area (Å²) in [5.74, 6) is -0.890. The van der Waals surface area contributed by atoms with Gasteiger partial charge in [-0.15, -0.1) is 0 Å². The van der Waals surface area contributed by atoms with Crippen LogP contribution >= 0.6 is 0 Å². The van der Waals surface area contributed by atoms with Crippen LogP contribution in [0.2, 0.25) is 0 Å². The zero-order valence-electron chi connectivity index (χ0n) is 24.9. The Bertz CT molecular complexity index is 1280. The number of hydrogen-bond donors (Lipinski definition) is 3. The second-order valence-corrected chi connectivity index (χ2v) is 10.9. The Morgan fingerprint density at radius 3 is 2.43 bits per heavy atom. The molecule has 1 fully saturated rings. The Balaban J connectivity index is 1.36. The van der Waals surface area contributed by atoms with Crippen molar-refractivity contribution in [2.75, 3.05) is 52.5 Å². The number of fused-ring (bicyclic) bond motifs is 1. The van der Waals surface area contributed by atoms with E-state index in [1.807, 2.05) is 42.5 Å². The van der Waals surface area contributed by atoms with E-state index in [0.29, 0.717) is 57.9 Å². The summed E-state index contributed by atoms with van der Waals surface area (Å²) in [6.45, 7) is 1.73. The van der Waals surface area contributed by atoms with Crippen LogP contribution in [0.3, 0.4) is 0 Å². The molecule has 3 N–H and O–H groups in total. The summed E-state index contributed by atoms with van der Waals surface area (Å²) in [5.41, 5.74) is 1.59. The number of unbranched alkanes of at least 4 members (excludes halogenated alkanes) is 1. The van der Waals surface area contributed by atoms with Crippen molar-refractivity contribution in [3.8, 4) is 5.75 Å². The second-order valence-electron chi connectivity index (χ2n) is 10.9. The van der Waals surface area contributed by atoms with Crippen molar-refractivity contribution in [1.29, 1.82) is 0 Å². The molecule has 5 amide bonds. The van der Waals surface area contributed by atoms with Crippen molar-refractivity contribution < 1.29 is 33.4 Å². The quantitative estimate of drug-likeness (QED) is 0.339. The molecule has 1 saturated heterocycles. The maximum atomic E-state index is 13.5. The van der Waals surface area contributed by atoms with E-state index in [0.717, 1.165) is 11.1 Å². The topological polar surface area (TPSA) is 146 Å². The highest BCUT2D eigenvalue weighted by atomic mass is 16.5. The van der Waals surface area contributed by atoms with E-state index in [1.54, 1.807) is 17.0 Å². The van der Waals surface area contributed by atoms with Gasteiger partial charge in [-0.25, -0.2) is 0 Å². The number of ether oxygens (including phenoxy) is 2. The summed E-state index contributed by atoms with van der Waals surface area (Å²) in [7, 11) is 0. The van der Waals surface area contributed by atoms with Gasteiger partial charge in [-0.05, 0) is 42.5 Å². The lowest BCUT2D eigenvalue weighted by molar-refractivity contribution is -0.145. The van der Waals surface area contributed by atoms with Crippen molar-refractivity contribution in [3.63, 3.8) is 0 Å². The zero-order chi connectivity index (χ0) is 31.1. The van der Waals surface area contributed by atoms with Crippen LogP contribution in [-0.2, 0) is 41.7 Å². The fourth-order valence-electron chi connectivity index (χ4n) is 5.11. The summed E-state index contributed by atoms with van der Waals surface area (Å²) in [6, 6.07) is 15.9. The Morgan fingerprint density at radius 1 is 0.932 bits per heavy atom. The molecule has 12 nitrogen and oxygen atoms in total. The predicted octanol–water partition coefficient (Wildman–Crippen LogP) is 0.787. The van der Waals surface area contributed by atoms with Gasteiger partial charge in [0.1, 0.15) is 18.8 Å². The molecule has 0 unspecified atom stereocenters. The number of benzene rings is 2. The van der Waals surface area contributed by atoms with Crippen molar-refractivity contribution >= 4 is 29.5 Å².